The van der Waals surface area contributed by atoms with E-state index in [0.717, 1.165) is 50.4 Å². The van der Waals surface area contributed by atoms with E-state index < -0.39 is 15.9 Å². The van der Waals surface area contributed by atoms with Crippen LogP contribution in [-0.2, 0) is 9.84 Å². The van der Waals surface area contributed by atoms with Crippen molar-refractivity contribution in [2.24, 2.45) is 5.41 Å². The van der Waals surface area contributed by atoms with Crippen molar-refractivity contribution in [3.8, 4) is 0 Å². The molecule has 1 atom stereocenters. The number of aryl methyl sites for hydroxylation is 1. The Bertz CT molecular complexity index is 972. The average molecular weight is 418 g/mol. The molecule has 1 spiro atoms. The van der Waals surface area contributed by atoms with Crippen molar-refractivity contribution < 1.29 is 13.5 Å². The number of piperidine rings is 2. The predicted octanol–water partition coefficient (Wildman–Crippen LogP) is 1.44. The number of nitrogens with zero attached hydrogens (tertiary/aromatic N) is 5. The third kappa shape index (κ3) is 4.35. The fourth-order valence-electron chi connectivity index (χ4n) is 4.49. The minimum atomic E-state index is -3.27. The van der Waals surface area contributed by atoms with E-state index in [1.165, 1.54) is 12.5 Å². The Morgan fingerprint density at radius 3 is 2.48 bits per heavy atom. The van der Waals surface area contributed by atoms with E-state index in [1.807, 2.05) is 13.0 Å². The van der Waals surface area contributed by atoms with Crippen LogP contribution in [0.5, 0.6) is 0 Å². The zero-order valence-corrected chi connectivity index (χ0v) is 17.6. The topological polar surface area (TPSA) is 99.5 Å². The number of aliphatic hydroxyl groups excluding tert-OH is 1. The van der Waals surface area contributed by atoms with Gasteiger partial charge in [0.25, 0.3) is 0 Å². The normalized spacial score (nSPS) is 22.1. The summed E-state index contributed by atoms with van der Waals surface area (Å²) in [7, 11) is -3.27. The van der Waals surface area contributed by atoms with Gasteiger partial charge in [-0.3, -0.25) is 0 Å². The molecule has 2 aliphatic heterocycles. The molecular weight excluding hydrogens is 390 g/mol. The highest BCUT2D eigenvalue weighted by atomic mass is 32.2. The predicted molar refractivity (Wildman–Crippen MR) is 111 cm³/mol. The molecule has 0 radical (unpaired) electrons. The fraction of sp³-hybridized carbons (Fsp3) is 0.550. The first-order valence-corrected chi connectivity index (χ1v) is 11.8. The Labute approximate surface area is 171 Å². The van der Waals surface area contributed by atoms with Crippen molar-refractivity contribution in [2.75, 3.05) is 42.2 Å². The van der Waals surface area contributed by atoms with Crippen LogP contribution in [0.4, 0.5) is 11.6 Å². The van der Waals surface area contributed by atoms with Crippen LogP contribution in [0.2, 0.25) is 0 Å². The second-order valence-electron chi connectivity index (χ2n) is 8.37. The van der Waals surface area contributed by atoms with Gasteiger partial charge in [-0.2, -0.15) is 0 Å². The maximum atomic E-state index is 11.7. The Morgan fingerprint density at radius 1 is 1.10 bits per heavy atom. The number of rotatable bonds is 3. The quantitative estimate of drug-likeness (QED) is 0.801. The Morgan fingerprint density at radius 2 is 1.86 bits per heavy atom. The van der Waals surface area contributed by atoms with Gasteiger partial charge in [-0.25, -0.2) is 23.4 Å². The smallest absolute Gasteiger partial charge is 0.177 e. The van der Waals surface area contributed by atoms with E-state index in [-0.39, 0.29) is 10.3 Å². The largest absolute Gasteiger partial charge is 0.391 e. The van der Waals surface area contributed by atoms with Crippen molar-refractivity contribution in [3.63, 3.8) is 0 Å². The van der Waals surface area contributed by atoms with Gasteiger partial charge in [-0.1, -0.05) is 0 Å². The van der Waals surface area contributed by atoms with Crippen molar-refractivity contribution in [1.82, 2.24) is 15.0 Å². The second-order valence-corrected chi connectivity index (χ2v) is 10.4. The van der Waals surface area contributed by atoms with Crippen molar-refractivity contribution in [1.29, 1.82) is 0 Å². The molecule has 2 saturated heterocycles. The summed E-state index contributed by atoms with van der Waals surface area (Å²) >= 11 is 0. The minimum Gasteiger partial charge on any atom is -0.391 e. The first-order chi connectivity index (χ1) is 13.7. The van der Waals surface area contributed by atoms with Gasteiger partial charge in [0.05, 0.1) is 11.0 Å². The maximum absolute atomic E-state index is 11.7. The van der Waals surface area contributed by atoms with E-state index >= 15 is 0 Å². The fourth-order valence-corrected chi connectivity index (χ4v) is 5.05. The summed E-state index contributed by atoms with van der Waals surface area (Å²) in [5, 5.41) is 10.6. The number of aliphatic hydroxyl groups is 1. The minimum absolute atomic E-state index is 0.0213. The highest BCUT2D eigenvalue weighted by Crippen LogP contribution is 2.41. The molecule has 2 aromatic heterocycles. The molecule has 0 bridgehead atoms. The molecule has 0 aromatic carbocycles. The standard InChI is InChI=1S/C20H27N5O3S/c1-15-9-19(23-14-22-15)24-7-5-20(6-8-24)10-16(26)12-25(13-20)18-4-3-17(11-21-18)29(2,27)28/h3-4,9,11,14,16,26H,5-8,10,12-13H2,1-2H3. The maximum Gasteiger partial charge on any atom is 0.177 e. The van der Waals surface area contributed by atoms with Gasteiger partial charge in [-0.15, -0.1) is 0 Å². The van der Waals surface area contributed by atoms with Crippen molar-refractivity contribution >= 4 is 21.5 Å². The molecule has 29 heavy (non-hydrogen) atoms. The molecule has 0 aliphatic carbocycles. The van der Waals surface area contributed by atoms with Crippen molar-refractivity contribution in [3.05, 3.63) is 36.4 Å². The number of hydrogen-bond acceptors (Lipinski definition) is 8. The number of sulfone groups is 1. The summed E-state index contributed by atoms with van der Waals surface area (Å²) in [6.07, 6.45) is 6.46. The lowest BCUT2D eigenvalue weighted by atomic mass is 9.71. The van der Waals surface area contributed by atoms with Gasteiger partial charge in [0.15, 0.2) is 9.84 Å². The number of β-amino-alcohol motifs (C(OH)–C–C–N with tert-alkyl or cyclic N) is 1. The summed E-state index contributed by atoms with van der Waals surface area (Å²) in [6.45, 7) is 5.07. The van der Waals surface area contributed by atoms with Gasteiger partial charge in [0.1, 0.15) is 18.0 Å². The second kappa shape index (κ2) is 7.53. The van der Waals surface area contributed by atoms with Crippen LogP contribution in [0.25, 0.3) is 0 Å². The summed E-state index contributed by atoms with van der Waals surface area (Å²) in [4.78, 5) is 17.5. The lowest BCUT2D eigenvalue weighted by Gasteiger charge is -2.49. The highest BCUT2D eigenvalue weighted by molar-refractivity contribution is 7.90. The van der Waals surface area contributed by atoms with Gasteiger partial charge in [-0.05, 0) is 43.7 Å². The lowest BCUT2D eigenvalue weighted by Crippen LogP contribution is -2.54. The number of hydrogen-bond donors (Lipinski definition) is 1. The van der Waals surface area contributed by atoms with Gasteiger partial charge in [0.2, 0.25) is 0 Å². The van der Waals surface area contributed by atoms with Crippen LogP contribution in [0.3, 0.4) is 0 Å². The third-order valence-electron chi connectivity index (χ3n) is 6.04. The van der Waals surface area contributed by atoms with E-state index in [0.29, 0.717) is 12.4 Å². The molecule has 2 aromatic rings. The molecule has 0 amide bonds. The molecule has 156 valence electrons. The lowest BCUT2D eigenvalue weighted by molar-refractivity contribution is 0.0594. The monoisotopic (exact) mass is 417 g/mol. The van der Waals surface area contributed by atoms with E-state index in [4.69, 9.17) is 0 Å². The summed E-state index contributed by atoms with van der Waals surface area (Å²) in [6, 6.07) is 5.33. The molecule has 9 heteroatoms. The molecule has 8 nitrogen and oxygen atoms in total. The molecule has 2 aliphatic rings. The van der Waals surface area contributed by atoms with Crippen LogP contribution in [0, 0.1) is 12.3 Å². The van der Waals surface area contributed by atoms with Crippen LogP contribution in [0.1, 0.15) is 25.0 Å². The summed E-state index contributed by atoms with van der Waals surface area (Å²) < 4.78 is 23.4. The Kier molecular flexibility index (Phi) is 5.20. The number of aromatic nitrogens is 3. The Hall–Kier alpha value is -2.26. The molecular formula is C20H27N5O3S. The average Bonchev–Trinajstić information content (AvgIpc) is 2.67. The van der Waals surface area contributed by atoms with Crippen LogP contribution < -0.4 is 9.80 Å². The number of pyridine rings is 1. The summed E-state index contributed by atoms with van der Waals surface area (Å²) in [5.41, 5.74) is 0.978. The van der Waals surface area contributed by atoms with Crippen LogP contribution in [0.15, 0.2) is 35.6 Å². The van der Waals surface area contributed by atoms with E-state index in [9.17, 15) is 13.5 Å². The first-order valence-electron chi connectivity index (χ1n) is 9.87. The highest BCUT2D eigenvalue weighted by Gasteiger charge is 2.42. The van der Waals surface area contributed by atoms with Gasteiger partial charge in [0, 0.05) is 50.4 Å². The molecule has 0 saturated carbocycles. The molecule has 2 fully saturated rings. The zero-order chi connectivity index (χ0) is 20.6. The number of anilines is 2. The molecule has 1 unspecified atom stereocenters. The summed E-state index contributed by atoms with van der Waals surface area (Å²) in [5.74, 6) is 1.67. The zero-order valence-electron chi connectivity index (χ0n) is 16.8. The molecule has 4 heterocycles. The molecule has 1 N–H and O–H groups in total. The SMILES string of the molecule is Cc1cc(N2CCC3(CC2)CC(O)CN(c2ccc(S(C)(=O)=O)cn2)C3)ncn1. The van der Waals surface area contributed by atoms with Gasteiger partial charge < -0.3 is 14.9 Å². The van der Waals surface area contributed by atoms with Crippen LogP contribution >= 0.6 is 0 Å². The Balaban J connectivity index is 1.48. The van der Waals surface area contributed by atoms with E-state index in [2.05, 4.69) is 24.8 Å². The third-order valence-corrected chi connectivity index (χ3v) is 7.13. The van der Waals surface area contributed by atoms with E-state index in [1.54, 1.807) is 18.5 Å². The first kappa shape index (κ1) is 20.0. The van der Waals surface area contributed by atoms with Crippen molar-refractivity contribution in [2.45, 2.75) is 37.2 Å². The van der Waals surface area contributed by atoms with Gasteiger partial charge >= 0.3 is 0 Å². The van der Waals surface area contributed by atoms with Crippen LogP contribution in [-0.4, -0.2) is 67.0 Å². The molecule has 4 rings (SSSR count).